The molecule has 196 valence electrons. The van der Waals surface area contributed by atoms with E-state index in [9.17, 15) is 18.6 Å². The molecule has 1 saturated carbocycles. The van der Waals surface area contributed by atoms with Gasteiger partial charge >= 0.3 is 0 Å². The average Bonchev–Trinajstić information content (AvgIpc) is 3.66. The Balaban J connectivity index is 1.45. The molecule has 0 radical (unpaired) electrons. The molecule has 1 aliphatic carbocycles. The summed E-state index contributed by atoms with van der Waals surface area (Å²) in [6.45, 7) is 4.58. The van der Waals surface area contributed by atoms with Crippen molar-refractivity contribution >= 4 is 15.4 Å². The zero-order chi connectivity index (χ0) is 26.2. The Labute approximate surface area is 218 Å². The van der Waals surface area contributed by atoms with Gasteiger partial charge in [-0.05, 0) is 81.3 Å². The monoisotopic (exact) mass is 522 g/mol. The number of hydrogen-bond acceptors (Lipinski definition) is 6. The molecule has 5 rings (SSSR count). The summed E-state index contributed by atoms with van der Waals surface area (Å²) in [6.07, 6.45) is 6.19. The molecule has 3 N–H and O–H groups in total. The molecule has 3 heterocycles. The molecular formula is C29H34N2O5S. The maximum absolute atomic E-state index is 12.7. The summed E-state index contributed by atoms with van der Waals surface area (Å²) in [6, 6.07) is 14.8. The van der Waals surface area contributed by atoms with Crippen molar-refractivity contribution in [1.29, 1.82) is 0 Å². The number of nitrogens with one attached hydrogen (secondary N) is 1. The van der Waals surface area contributed by atoms with E-state index in [4.69, 9.17) is 4.74 Å². The molecule has 1 atom stereocenters. The van der Waals surface area contributed by atoms with Crippen molar-refractivity contribution < 1.29 is 23.4 Å². The largest absolute Gasteiger partial charge is 0.387 e. The van der Waals surface area contributed by atoms with Gasteiger partial charge in [-0.3, -0.25) is 4.98 Å². The highest BCUT2D eigenvalue weighted by Gasteiger charge is 2.36. The van der Waals surface area contributed by atoms with Crippen LogP contribution < -0.4 is 0 Å². The molecule has 37 heavy (non-hydrogen) atoms. The minimum atomic E-state index is -3.24. The van der Waals surface area contributed by atoms with E-state index >= 15 is 0 Å². The number of aliphatic hydroxyl groups is 2. The standard InChI is InChI=1S/C29H34N2O5S/c1-29(2,33)28(32)21-5-10-26(30-18-21)27-12-11-25(31-27)24(17-19-13-15-36-16-14-19)20-3-6-22(7-4-20)37(34,35)23-8-9-23/h3-7,10-12,17-19,23,28,31-33H,8-9,13-16H2,1-2H3/b24-17-. The summed E-state index contributed by atoms with van der Waals surface area (Å²) in [5.74, 6) is 0.367. The molecule has 0 amide bonds. The first kappa shape index (κ1) is 25.9. The van der Waals surface area contributed by atoms with Gasteiger partial charge in [-0.25, -0.2) is 8.42 Å². The molecular weight excluding hydrogens is 488 g/mol. The van der Waals surface area contributed by atoms with Crippen LogP contribution in [0.2, 0.25) is 0 Å². The zero-order valence-corrected chi connectivity index (χ0v) is 22.0. The molecule has 1 aromatic carbocycles. The summed E-state index contributed by atoms with van der Waals surface area (Å²) in [4.78, 5) is 8.36. The summed E-state index contributed by atoms with van der Waals surface area (Å²) in [7, 11) is -3.24. The third-order valence-corrected chi connectivity index (χ3v) is 9.43. The van der Waals surface area contributed by atoms with Crippen LogP contribution in [0.5, 0.6) is 0 Å². The maximum Gasteiger partial charge on any atom is 0.181 e. The number of hydrogen-bond donors (Lipinski definition) is 3. The van der Waals surface area contributed by atoms with Crippen LogP contribution in [0.25, 0.3) is 17.0 Å². The third-order valence-electron chi connectivity index (χ3n) is 7.15. The van der Waals surface area contributed by atoms with Crippen molar-refractivity contribution in [2.45, 2.75) is 61.4 Å². The van der Waals surface area contributed by atoms with Crippen LogP contribution in [0.4, 0.5) is 0 Å². The minimum absolute atomic E-state index is 0.231. The highest BCUT2D eigenvalue weighted by molar-refractivity contribution is 7.92. The van der Waals surface area contributed by atoms with Crippen molar-refractivity contribution in [3.8, 4) is 11.4 Å². The van der Waals surface area contributed by atoms with Gasteiger partial charge in [0, 0.05) is 36.2 Å². The molecule has 2 aliphatic rings. The lowest BCUT2D eigenvalue weighted by atomic mass is 9.93. The van der Waals surface area contributed by atoms with E-state index in [1.165, 1.54) is 0 Å². The van der Waals surface area contributed by atoms with Crippen LogP contribution in [-0.2, 0) is 14.6 Å². The molecule has 2 aromatic heterocycles. The lowest BCUT2D eigenvalue weighted by Gasteiger charge is -2.24. The third kappa shape index (κ3) is 5.72. The Kier molecular flexibility index (Phi) is 7.11. The number of rotatable bonds is 8. The average molecular weight is 523 g/mol. The Bertz CT molecular complexity index is 1360. The van der Waals surface area contributed by atoms with Gasteiger partial charge < -0.3 is 19.9 Å². The van der Waals surface area contributed by atoms with Gasteiger partial charge in [-0.15, -0.1) is 0 Å². The summed E-state index contributed by atoms with van der Waals surface area (Å²) < 4.78 is 30.9. The van der Waals surface area contributed by atoms with Gasteiger partial charge in [0.1, 0.15) is 6.10 Å². The van der Waals surface area contributed by atoms with E-state index in [1.54, 1.807) is 38.2 Å². The second-order valence-electron chi connectivity index (χ2n) is 10.6. The van der Waals surface area contributed by atoms with E-state index in [2.05, 4.69) is 16.0 Å². The van der Waals surface area contributed by atoms with Crippen molar-refractivity contribution in [3.05, 3.63) is 77.6 Å². The number of nitrogens with zero attached hydrogens (tertiary/aromatic N) is 1. The van der Waals surface area contributed by atoms with Crippen LogP contribution in [-0.4, -0.2) is 52.7 Å². The number of benzene rings is 1. The predicted octanol–water partition coefficient (Wildman–Crippen LogP) is 4.68. The van der Waals surface area contributed by atoms with Gasteiger partial charge in [0.2, 0.25) is 0 Å². The number of H-pyrrole nitrogens is 1. The van der Waals surface area contributed by atoms with E-state index in [1.807, 2.05) is 30.3 Å². The first-order valence-corrected chi connectivity index (χ1v) is 14.4. The number of aromatic amines is 1. The second kappa shape index (κ2) is 10.2. The van der Waals surface area contributed by atoms with Crippen molar-refractivity contribution in [2.75, 3.05) is 13.2 Å². The SMILES string of the molecule is CC(C)(O)C(O)c1ccc(-c2ccc(/C(=C\C3CCOCC3)c3ccc(S(=O)(=O)C4CC4)cc3)[nH]2)nc1. The zero-order valence-electron chi connectivity index (χ0n) is 21.2. The number of aliphatic hydroxyl groups excluding tert-OH is 1. The van der Waals surface area contributed by atoms with Gasteiger partial charge in [0.25, 0.3) is 0 Å². The number of sulfone groups is 1. The number of pyridine rings is 1. The topological polar surface area (TPSA) is 113 Å². The quantitative estimate of drug-likeness (QED) is 0.396. The van der Waals surface area contributed by atoms with Gasteiger partial charge in [-0.2, -0.15) is 0 Å². The molecule has 0 bridgehead atoms. The molecule has 8 heteroatoms. The van der Waals surface area contributed by atoms with E-state index in [-0.39, 0.29) is 5.25 Å². The van der Waals surface area contributed by atoms with Gasteiger partial charge in [-0.1, -0.05) is 24.3 Å². The van der Waals surface area contributed by atoms with Crippen molar-refractivity contribution in [2.24, 2.45) is 5.92 Å². The van der Waals surface area contributed by atoms with Gasteiger partial charge in [0.15, 0.2) is 9.84 Å². The number of allylic oxidation sites excluding steroid dienone is 1. The molecule has 2 fully saturated rings. The van der Waals surface area contributed by atoms with Crippen molar-refractivity contribution in [3.63, 3.8) is 0 Å². The molecule has 3 aromatic rings. The van der Waals surface area contributed by atoms with Crippen LogP contribution in [0.1, 0.15) is 62.5 Å². The highest BCUT2D eigenvalue weighted by Crippen LogP contribution is 2.35. The van der Waals surface area contributed by atoms with E-state index < -0.39 is 21.5 Å². The lowest BCUT2D eigenvalue weighted by Crippen LogP contribution is -2.28. The lowest BCUT2D eigenvalue weighted by molar-refractivity contribution is -0.0498. The molecule has 7 nitrogen and oxygen atoms in total. The maximum atomic E-state index is 12.7. The fraction of sp³-hybridized carbons (Fsp3) is 0.414. The summed E-state index contributed by atoms with van der Waals surface area (Å²) in [5, 5.41) is 20.2. The Hall–Kier alpha value is -2.78. The molecule has 1 aliphatic heterocycles. The normalized spacial score (nSPS) is 18.6. The molecule has 1 unspecified atom stereocenters. The first-order valence-electron chi connectivity index (χ1n) is 12.8. The molecule has 1 saturated heterocycles. The second-order valence-corrected chi connectivity index (χ2v) is 12.8. The number of ether oxygens (including phenoxy) is 1. The van der Waals surface area contributed by atoms with Crippen LogP contribution in [0, 0.1) is 5.92 Å². The first-order chi connectivity index (χ1) is 17.6. The van der Waals surface area contributed by atoms with E-state index in [0.717, 1.165) is 61.4 Å². The fourth-order valence-electron chi connectivity index (χ4n) is 4.69. The van der Waals surface area contributed by atoms with Gasteiger partial charge in [0.05, 0.1) is 27.1 Å². The Morgan fingerprint density at radius 3 is 2.35 bits per heavy atom. The summed E-state index contributed by atoms with van der Waals surface area (Å²) in [5.41, 5.74) is 3.71. The predicted molar refractivity (Wildman–Crippen MR) is 143 cm³/mol. The smallest absolute Gasteiger partial charge is 0.181 e. The Morgan fingerprint density at radius 1 is 1.05 bits per heavy atom. The van der Waals surface area contributed by atoms with Crippen LogP contribution in [0.3, 0.4) is 0 Å². The minimum Gasteiger partial charge on any atom is -0.387 e. The van der Waals surface area contributed by atoms with Crippen LogP contribution in [0.15, 0.2) is 65.7 Å². The van der Waals surface area contributed by atoms with Crippen LogP contribution >= 0.6 is 0 Å². The molecule has 0 spiro atoms. The van der Waals surface area contributed by atoms with E-state index in [0.29, 0.717) is 22.1 Å². The number of aromatic nitrogens is 2. The summed E-state index contributed by atoms with van der Waals surface area (Å²) >= 11 is 0. The Morgan fingerprint density at radius 2 is 1.76 bits per heavy atom. The fourth-order valence-corrected chi connectivity index (χ4v) is 6.35. The van der Waals surface area contributed by atoms with Crippen molar-refractivity contribution in [1.82, 2.24) is 9.97 Å². The highest BCUT2D eigenvalue weighted by atomic mass is 32.2.